The molecule has 11 aromatic rings. The lowest BCUT2D eigenvalue weighted by Gasteiger charge is -2.36. The standard InChI is InChI=1S/C18H20F3N3.2C16H17F3N2.C15H15F3N2.C14H19F3N2.C14H13F3N2/c1-14-10-16(18(19,20)21)12-17(11-14)24-8-6-23(7-9-24)13-15-2-4-22-5-3-15;1-12-9-14(16(17,18)19)11-15(10-12)21(2)8-5-13-3-6-20-7-4-13;1-12-9-13(16(17,18)19)11-15(10-12)21(2)8-6-14-5-3-4-7-20-14;1-11-8-13(15(16,17)18)10-14(9-11)20-7-4-12-2-5-19-6-3-12;1-10-6-11(14(15,16)17)8-13(7-10)19-5-4-12(9-19)18(2)3;1-10-6-12(14(15,16)17)8-13(7-10)19-9-11-2-4-18-5-3-11/h2-5,10-12H,6-9,13H2,1H3;3-4,6-7,9-11H,5,8H2,1-2H3;3-5,7,9-11H,6,8H2,1-2H3;2-3,5-6,8-10,20H,4,7H2,1H3;6-8,12H,4-5,9H2,1-3H3;2-8,19H,9H2,1H3/t;;;;12-;/m....1./s1. The summed E-state index contributed by atoms with van der Waals surface area (Å²) in [6.45, 7) is 17.9. The second-order valence-electron chi connectivity index (χ2n) is 30.6. The van der Waals surface area contributed by atoms with E-state index in [1.165, 1.54) is 48.0 Å². The molecule has 124 heavy (non-hydrogen) atoms. The van der Waals surface area contributed by atoms with E-state index in [0.29, 0.717) is 106 Å². The van der Waals surface area contributed by atoms with Gasteiger partial charge in [0.2, 0.25) is 0 Å². The van der Waals surface area contributed by atoms with Crippen LogP contribution in [0, 0.1) is 41.5 Å². The minimum Gasteiger partial charge on any atom is -0.385 e. The molecule has 664 valence electrons. The molecule has 0 radical (unpaired) electrons. The van der Waals surface area contributed by atoms with Crippen molar-refractivity contribution in [2.45, 2.75) is 123 Å². The normalized spacial score (nSPS) is 13.8. The van der Waals surface area contributed by atoms with Crippen LogP contribution in [0.5, 0.6) is 0 Å². The number of pyridine rings is 5. The zero-order chi connectivity index (χ0) is 90.7. The Kier molecular flexibility index (Phi) is 35.3. The molecule has 7 heterocycles. The van der Waals surface area contributed by atoms with Gasteiger partial charge in [-0.05, 0) is 300 Å². The van der Waals surface area contributed by atoms with Crippen LogP contribution in [0.4, 0.5) is 113 Å². The van der Waals surface area contributed by atoms with Crippen LogP contribution in [0.3, 0.4) is 0 Å². The molecule has 1 atom stereocenters. The predicted molar refractivity (Wildman–Crippen MR) is 454 cm³/mol. The Morgan fingerprint density at radius 2 is 0.710 bits per heavy atom. The van der Waals surface area contributed by atoms with E-state index in [2.05, 4.69) is 45.4 Å². The van der Waals surface area contributed by atoms with Crippen molar-refractivity contribution in [1.29, 1.82) is 0 Å². The van der Waals surface area contributed by atoms with Crippen LogP contribution in [0.15, 0.2) is 232 Å². The van der Waals surface area contributed by atoms with Crippen molar-refractivity contribution in [3.8, 4) is 0 Å². The highest BCUT2D eigenvalue weighted by molar-refractivity contribution is 5.56. The van der Waals surface area contributed by atoms with E-state index in [-0.39, 0.29) is 0 Å². The van der Waals surface area contributed by atoms with Crippen molar-refractivity contribution < 1.29 is 79.0 Å². The van der Waals surface area contributed by atoms with Gasteiger partial charge >= 0.3 is 37.1 Å². The molecule has 2 aliphatic rings. The zero-order valence-corrected chi connectivity index (χ0v) is 70.3. The van der Waals surface area contributed by atoms with E-state index in [9.17, 15) is 79.0 Å². The third kappa shape index (κ3) is 33.0. The lowest BCUT2D eigenvalue weighted by atomic mass is 10.1. The van der Waals surface area contributed by atoms with Crippen molar-refractivity contribution >= 4 is 34.1 Å². The summed E-state index contributed by atoms with van der Waals surface area (Å²) in [6.07, 6.45) is -7.30. The minimum absolute atomic E-state index is 0.412. The van der Waals surface area contributed by atoms with Crippen LogP contribution in [0.1, 0.15) is 101 Å². The number of alkyl halides is 18. The van der Waals surface area contributed by atoms with Gasteiger partial charge in [0, 0.05) is 194 Å². The molecule has 0 aliphatic carbocycles. The molecular weight excluding hydrogens is 1640 g/mol. The van der Waals surface area contributed by atoms with Crippen LogP contribution < -0.4 is 30.2 Å². The fourth-order valence-corrected chi connectivity index (χ4v) is 13.5. The van der Waals surface area contributed by atoms with E-state index >= 15 is 0 Å². The molecule has 2 fully saturated rings. The first-order valence-corrected chi connectivity index (χ1v) is 39.7. The molecule has 2 N–H and O–H groups in total. The van der Waals surface area contributed by atoms with Gasteiger partial charge in [0.05, 0.1) is 33.4 Å². The highest BCUT2D eigenvalue weighted by atomic mass is 19.4. The Morgan fingerprint density at radius 3 is 1.11 bits per heavy atom. The topological polar surface area (TPSA) is 108 Å². The van der Waals surface area contributed by atoms with Crippen LogP contribution in [-0.4, -0.2) is 128 Å². The number of nitrogens with zero attached hydrogens (tertiary/aromatic N) is 11. The highest BCUT2D eigenvalue weighted by Gasteiger charge is 2.37. The molecule has 2 aliphatic heterocycles. The summed E-state index contributed by atoms with van der Waals surface area (Å²) in [6, 6.07) is 46.0. The largest absolute Gasteiger partial charge is 0.416 e. The lowest BCUT2D eigenvalue weighted by molar-refractivity contribution is -0.138. The first kappa shape index (κ1) is 98.0. The van der Waals surface area contributed by atoms with Crippen LogP contribution >= 0.6 is 0 Å². The van der Waals surface area contributed by atoms with Crippen molar-refractivity contribution in [2.75, 3.05) is 117 Å². The number of likely N-dealkylation sites (N-methyl/N-ethyl adjacent to an activating group) is 3. The van der Waals surface area contributed by atoms with E-state index in [1.807, 2.05) is 113 Å². The molecule has 13 nitrogen and oxygen atoms in total. The molecule has 0 unspecified atom stereocenters. The van der Waals surface area contributed by atoms with Gasteiger partial charge in [0.15, 0.2) is 0 Å². The fourth-order valence-electron chi connectivity index (χ4n) is 13.5. The maximum absolute atomic E-state index is 13.0. The van der Waals surface area contributed by atoms with Crippen LogP contribution in [0.2, 0.25) is 0 Å². The number of rotatable bonds is 20. The Labute approximate surface area is 711 Å². The number of hydrogen-bond acceptors (Lipinski definition) is 13. The van der Waals surface area contributed by atoms with E-state index < -0.39 is 70.4 Å². The minimum atomic E-state index is -4.32. The van der Waals surface area contributed by atoms with Gasteiger partial charge in [0.1, 0.15) is 0 Å². The monoisotopic (exact) mass is 1740 g/mol. The first-order chi connectivity index (χ1) is 58.3. The molecule has 13 rings (SSSR count). The maximum atomic E-state index is 13.0. The third-order valence-electron chi connectivity index (χ3n) is 20.1. The van der Waals surface area contributed by atoms with Gasteiger partial charge < -0.3 is 35.1 Å². The SMILES string of the molecule is Cc1cc(N(C)CCc2ccccn2)cc(C(F)(F)F)c1.Cc1cc(N(C)CCc2ccncc2)cc(C(F)(F)F)c1.Cc1cc(N2CCN(Cc3ccncc3)CC2)cc(C(F)(F)F)c1.Cc1cc(N2CC[C@@H](N(C)C)C2)cc(C(F)(F)F)c1.Cc1cc(NCCc2ccncc2)cc(C(F)(F)F)c1.Cc1cc(NCc2ccncc2)cc(C(F)(F)F)c1. The molecule has 0 bridgehead atoms. The summed E-state index contributed by atoms with van der Waals surface area (Å²) in [5, 5.41) is 6.01. The van der Waals surface area contributed by atoms with Crippen LogP contribution in [0.25, 0.3) is 0 Å². The summed E-state index contributed by atoms with van der Waals surface area (Å²) < 4.78 is 231. The number of piperazine rings is 1. The molecule has 0 saturated carbocycles. The van der Waals surface area contributed by atoms with Crippen molar-refractivity contribution in [2.24, 2.45) is 0 Å². The number of hydrogen-bond donors (Lipinski definition) is 2. The number of nitrogens with one attached hydrogen (secondary N) is 2. The molecule has 5 aromatic heterocycles. The number of anilines is 6. The molecule has 0 amide bonds. The quantitative estimate of drug-likeness (QED) is 0.0708. The summed E-state index contributed by atoms with van der Waals surface area (Å²) in [7, 11) is 7.60. The second kappa shape index (κ2) is 44.7. The smallest absolute Gasteiger partial charge is 0.385 e. The predicted octanol–water partition coefficient (Wildman–Crippen LogP) is 23.1. The second-order valence-corrected chi connectivity index (χ2v) is 30.6. The third-order valence-corrected chi connectivity index (χ3v) is 20.1. The van der Waals surface area contributed by atoms with Crippen molar-refractivity contribution in [1.82, 2.24) is 34.7 Å². The Bertz CT molecular complexity index is 4960. The maximum Gasteiger partial charge on any atom is 0.416 e. The average Bonchev–Trinajstić information content (AvgIpc) is 1.74. The van der Waals surface area contributed by atoms with Gasteiger partial charge in [-0.25, -0.2) is 0 Å². The van der Waals surface area contributed by atoms with E-state index in [0.717, 1.165) is 118 Å². The Hall–Kier alpha value is -11.5. The van der Waals surface area contributed by atoms with Gasteiger partial charge in [-0.2, -0.15) is 79.0 Å². The Morgan fingerprint density at radius 1 is 0.347 bits per heavy atom. The van der Waals surface area contributed by atoms with Gasteiger partial charge in [-0.15, -0.1) is 0 Å². The molecule has 6 aromatic carbocycles. The first-order valence-electron chi connectivity index (χ1n) is 39.7. The van der Waals surface area contributed by atoms with Crippen molar-refractivity contribution in [3.63, 3.8) is 0 Å². The summed E-state index contributed by atoms with van der Waals surface area (Å²) in [5.74, 6) is 0. The molecule has 0 spiro atoms. The molecule has 2 saturated heterocycles. The summed E-state index contributed by atoms with van der Waals surface area (Å²) in [4.78, 5) is 32.1. The Balaban J connectivity index is 0.000000185. The zero-order valence-electron chi connectivity index (χ0n) is 70.3. The highest BCUT2D eigenvalue weighted by Crippen LogP contribution is 2.39. The fraction of sp³-hybridized carbons (Fsp3) is 0.344. The van der Waals surface area contributed by atoms with Crippen LogP contribution in [-0.2, 0) is 69.4 Å². The molecule has 31 heteroatoms. The summed E-state index contributed by atoms with van der Waals surface area (Å²) in [5.41, 5.74) is 8.79. The number of aryl methyl sites for hydroxylation is 6. The average molecular weight is 1740 g/mol. The summed E-state index contributed by atoms with van der Waals surface area (Å²) >= 11 is 0. The van der Waals surface area contributed by atoms with E-state index in [1.54, 1.807) is 136 Å². The number of aromatic nitrogens is 5. The van der Waals surface area contributed by atoms with E-state index in [4.69, 9.17) is 0 Å². The number of halogens is 18. The van der Waals surface area contributed by atoms with Gasteiger partial charge in [0.25, 0.3) is 0 Å². The van der Waals surface area contributed by atoms with Crippen molar-refractivity contribution in [3.05, 3.63) is 326 Å². The lowest BCUT2D eigenvalue weighted by Crippen LogP contribution is -2.46. The van der Waals surface area contributed by atoms with Gasteiger partial charge in [-0.3, -0.25) is 29.8 Å². The van der Waals surface area contributed by atoms with Gasteiger partial charge in [-0.1, -0.05) is 6.07 Å². The number of benzene rings is 6. The molecular formula is C93H101F18N13.